The van der Waals surface area contributed by atoms with Gasteiger partial charge in [0.15, 0.2) is 0 Å². The molecule has 0 aromatic heterocycles. The maximum absolute atomic E-state index is 12.8. The maximum Gasteiger partial charge on any atom is 0.417 e. The summed E-state index contributed by atoms with van der Waals surface area (Å²) in [7, 11) is 2.01. The molecular formula is C14H20BrF3N2. The zero-order valence-corrected chi connectivity index (χ0v) is 13.5. The number of benzene rings is 1. The molecule has 0 radical (unpaired) electrons. The minimum atomic E-state index is -4.33. The molecule has 1 atom stereocenters. The molecule has 1 rings (SSSR count). The van der Waals surface area contributed by atoms with E-state index in [4.69, 9.17) is 0 Å². The topological polar surface area (TPSA) is 15.3 Å². The molecule has 0 amide bonds. The second kappa shape index (κ2) is 7.43. The number of hydrogen-bond acceptors (Lipinski definition) is 2. The number of halogens is 4. The summed E-state index contributed by atoms with van der Waals surface area (Å²) in [6.45, 7) is 6.32. The standard InChI is InChI=1S/C14H20BrF3N2/c1-4-20(3)9-10(2)19-8-11-5-6-13(15)12(7-11)14(16,17)18/h5-7,10,19H,4,8-9H2,1-3H3. The highest BCUT2D eigenvalue weighted by atomic mass is 79.9. The van der Waals surface area contributed by atoms with Gasteiger partial charge in [-0.1, -0.05) is 28.9 Å². The van der Waals surface area contributed by atoms with Crippen LogP contribution >= 0.6 is 15.9 Å². The summed E-state index contributed by atoms with van der Waals surface area (Å²) < 4.78 is 38.4. The van der Waals surface area contributed by atoms with Gasteiger partial charge >= 0.3 is 6.18 Å². The summed E-state index contributed by atoms with van der Waals surface area (Å²) in [4.78, 5) is 2.15. The Morgan fingerprint density at radius 1 is 1.35 bits per heavy atom. The lowest BCUT2D eigenvalue weighted by molar-refractivity contribution is -0.138. The second-order valence-corrected chi connectivity index (χ2v) is 5.80. The van der Waals surface area contributed by atoms with Gasteiger partial charge in [0.25, 0.3) is 0 Å². The lowest BCUT2D eigenvalue weighted by Gasteiger charge is -2.21. The molecule has 1 unspecified atom stereocenters. The van der Waals surface area contributed by atoms with Gasteiger partial charge < -0.3 is 10.2 Å². The Morgan fingerprint density at radius 2 is 2.00 bits per heavy atom. The van der Waals surface area contributed by atoms with Gasteiger partial charge in [-0.2, -0.15) is 13.2 Å². The third-order valence-electron chi connectivity index (χ3n) is 3.12. The maximum atomic E-state index is 12.8. The third kappa shape index (κ3) is 5.42. The first-order valence-corrected chi connectivity index (χ1v) is 7.31. The Kier molecular flexibility index (Phi) is 6.48. The highest BCUT2D eigenvalue weighted by molar-refractivity contribution is 9.10. The molecule has 1 aromatic carbocycles. The number of likely N-dealkylation sites (N-methyl/N-ethyl adjacent to an activating group) is 1. The van der Waals surface area contributed by atoms with E-state index in [-0.39, 0.29) is 10.5 Å². The Hall–Kier alpha value is -0.590. The van der Waals surface area contributed by atoms with Gasteiger partial charge in [-0.15, -0.1) is 0 Å². The summed E-state index contributed by atoms with van der Waals surface area (Å²) in [6, 6.07) is 4.55. The normalized spacial score (nSPS) is 13.8. The summed E-state index contributed by atoms with van der Waals surface area (Å²) in [5.41, 5.74) is 0.00153. The number of rotatable bonds is 6. The molecule has 0 fully saturated rings. The molecule has 114 valence electrons. The molecule has 0 aliphatic heterocycles. The third-order valence-corrected chi connectivity index (χ3v) is 3.81. The van der Waals surface area contributed by atoms with Crippen LogP contribution in [0.2, 0.25) is 0 Å². The van der Waals surface area contributed by atoms with Gasteiger partial charge in [-0.25, -0.2) is 0 Å². The lowest BCUT2D eigenvalue weighted by atomic mass is 10.1. The van der Waals surface area contributed by atoms with Crippen molar-refractivity contribution in [1.82, 2.24) is 10.2 Å². The van der Waals surface area contributed by atoms with E-state index in [1.807, 2.05) is 14.0 Å². The van der Waals surface area contributed by atoms with Gasteiger partial charge in [0.2, 0.25) is 0 Å². The smallest absolute Gasteiger partial charge is 0.309 e. The summed E-state index contributed by atoms with van der Waals surface area (Å²) in [5.74, 6) is 0. The van der Waals surface area contributed by atoms with Crippen molar-refractivity contribution in [1.29, 1.82) is 0 Å². The average Bonchev–Trinajstić information content (AvgIpc) is 2.36. The number of hydrogen-bond donors (Lipinski definition) is 1. The average molecular weight is 353 g/mol. The summed E-state index contributed by atoms with van der Waals surface area (Å²) in [5, 5.41) is 3.24. The van der Waals surface area contributed by atoms with Crippen molar-refractivity contribution in [2.75, 3.05) is 20.1 Å². The van der Waals surface area contributed by atoms with E-state index in [1.165, 1.54) is 12.1 Å². The number of nitrogens with zero attached hydrogens (tertiary/aromatic N) is 1. The lowest BCUT2D eigenvalue weighted by Crippen LogP contribution is -2.36. The SMILES string of the molecule is CCN(C)CC(C)NCc1ccc(Br)c(C(F)(F)F)c1. The van der Waals surface area contributed by atoms with Crippen molar-refractivity contribution in [3.63, 3.8) is 0 Å². The molecule has 0 spiro atoms. The zero-order chi connectivity index (χ0) is 15.3. The van der Waals surface area contributed by atoms with Crippen molar-refractivity contribution in [2.45, 2.75) is 32.6 Å². The largest absolute Gasteiger partial charge is 0.417 e. The van der Waals surface area contributed by atoms with Crippen LogP contribution in [0.1, 0.15) is 25.0 Å². The molecule has 20 heavy (non-hydrogen) atoms. The molecule has 1 N–H and O–H groups in total. The van der Waals surface area contributed by atoms with E-state index in [1.54, 1.807) is 6.07 Å². The van der Waals surface area contributed by atoms with E-state index >= 15 is 0 Å². The van der Waals surface area contributed by atoms with Crippen LogP contribution in [0.25, 0.3) is 0 Å². The van der Waals surface area contributed by atoms with E-state index in [9.17, 15) is 13.2 Å². The number of nitrogens with one attached hydrogen (secondary N) is 1. The van der Waals surface area contributed by atoms with Crippen molar-refractivity contribution in [3.05, 3.63) is 33.8 Å². The first-order valence-electron chi connectivity index (χ1n) is 6.51. The van der Waals surface area contributed by atoms with Crippen molar-refractivity contribution in [2.24, 2.45) is 0 Å². The predicted octanol–water partition coefficient (Wildman–Crippen LogP) is 3.90. The quantitative estimate of drug-likeness (QED) is 0.835. The molecule has 6 heteroatoms. The van der Waals surface area contributed by atoms with Gasteiger partial charge in [0, 0.05) is 23.6 Å². The van der Waals surface area contributed by atoms with Crippen LogP contribution in [0.3, 0.4) is 0 Å². The van der Waals surface area contributed by atoms with E-state index in [0.717, 1.165) is 13.1 Å². The molecule has 0 saturated carbocycles. The van der Waals surface area contributed by atoms with Gasteiger partial charge in [0.05, 0.1) is 5.56 Å². The summed E-state index contributed by atoms with van der Waals surface area (Å²) in [6.07, 6.45) is -4.33. The van der Waals surface area contributed by atoms with Crippen molar-refractivity contribution in [3.8, 4) is 0 Å². The van der Waals surface area contributed by atoms with E-state index < -0.39 is 11.7 Å². The first kappa shape index (κ1) is 17.5. The fraction of sp³-hybridized carbons (Fsp3) is 0.571. The van der Waals surface area contributed by atoms with Crippen LogP contribution in [0.4, 0.5) is 13.2 Å². The highest BCUT2D eigenvalue weighted by Crippen LogP contribution is 2.35. The summed E-state index contributed by atoms with van der Waals surface area (Å²) >= 11 is 2.94. The van der Waals surface area contributed by atoms with Crippen LogP contribution in [-0.2, 0) is 12.7 Å². The molecular weight excluding hydrogens is 333 g/mol. The van der Waals surface area contributed by atoms with Crippen LogP contribution in [0.15, 0.2) is 22.7 Å². The molecule has 0 saturated heterocycles. The van der Waals surface area contributed by atoms with Crippen LogP contribution in [-0.4, -0.2) is 31.1 Å². The van der Waals surface area contributed by atoms with Crippen molar-refractivity contribution >= 4 is 15.9 Å². The first-order chi connectivity index (χ1) is 9.24. The number of alkyl halides is 3. The van der Waals surface area contributed by atoms with Crippen LogP contribution in [0, 0.1) is 0 Å². The van der Waals surface area contributed by atoms with Crippen LogP contribution in [0.5, 0.6) is 0 Å². The second-order valence-electron chi connectivity index (χ2n) is 4.95. The predicted molar refractivity (Wildman–Crippen MR) is 78.6 cm³/mol. The zero-order valence-electron chi connectivity index (χ0n) is 11.9. The van der Waals surface area contributed by atoms with Gasteiger partial charge in [-0.3, -0.25) is 0 Å². The fourth-order valence-corrected chi connectivity index (χ4v) is 2.32. The minimum absolute atomic E-state index is 0.0764. The molecule has 2 nitrogen and oxygen atoms in total. The Labute approximate surface area is 126 Å². The van der Waals surface area contributed by atoms with Gasteiger partial charge in [0.1, 0.15) is 0 Å². The Bertz CT molecular complexity index is 435. The molecule has 1 aromatic rings. The molecule has 0 aliphatic rings. The Morgan fingerprint density at radius 3 is 2.55 bits per heavy atom. The van der Waals surface area contributed by atoms with Crippen LogP contribution < -0.4 is 5.32 Å². The van der Waals surface area contributed by atoms with E-state index in [2.05, 4.69) is 33.1 Å². The monoisotopic (exact) mass is 352 g/mol. The van der Waals surface area contributed by atoms with E-state index in [0.29, 0.717) is 12.1 Å². The molecule has 0 aliphatic carbocycles. The fourth-order valence-electron chi connectivity index (χ4n) is 1.85. The molecule has 0 heterocycles. The minimum Gasteiger partial charge on any atom is -0.309 e. The van der Waals surface area contributed by atoms with Gasteiger partial charge in [-0.05, 0) is 38.2 Å². The Balaban J connectivity index is 2.65. The van der Waals surface area contributed by atoms with Crippen molar-refractivity contribution < 1.29 is 13.2 Å². The highest BCUT2D eigenvalue weighted by Gasteiger charge is 2.33. The molecule has 0 bridgehead atoms.